The van der Waals surface area contributed by atoms with Gasteiger partial charge in [0, 0.05) is 6.54 Å². The van der Waals surface area contributed by atoms with Crippen LogP contribution in [0.5, 0.6) is 0 Å². The van der Waals surface area contributed by atoms with E-state index in [2.05, 4.69) is 5.32 Å². The number of carbonyl (C=O) groups is 2. The van der Waals surface area contributed by atoms with Gasteiger partial charge in [-0.2, -0.15) is 0 Å². The number of nitrogens with zero attached hydrogens (tertiary/aromatic N) is 1. The van der Waals surface area contributed by atoms with Crippen LogP contribution in [0.2, 0.25) is 0 Å². The monoisotopic (exact) mass is 212 g/mol. The quantitative estimate of drug-likeness (QED) is 0.706. The summed E-state index contributed by atoms with van der Waals surface area (Å²) in [5, 5.41) is 2.73. The van der Waals surface area contributed by atoms with Gasteiger partial charge in [-0.1, -0.05) is 27.2 Å². The second-order valence-corrected chi connectivity index (χ2v) is 4.48. The Balaban J connectivity index is 2.54. The van der Waals surface area contributed by atoms with E-state index in [1.807, 2.05) is 20.8 Å². The number of carbonyl (C=O) groups excluding carboxylic acids is 2. The van der Waals surface area contributed by atoms with E-state index in [-0.39, 0.29) is 18.0 Å². The van der Waals surface area contributed by atoms with Gasteiger partial charge in [-0.05, 0) is 18.8 Å². The normalized spacial score (nSPS) is 21.3. The number of imide groups is 1. The van der Waals surface area contributed by atoms with Gasteiger partial charge in [0.1, 0.15) is 6.04 Å². The van der Waals surface area contributed by atoms with Gasteiger partial charge in [0.15, 0.2) is 0 Å². The van der Waals surface area contributed by atoms with E-state index in [0.29, 0.717) is 12.5 Å². The molecule has 86 valence electrons. The minimum Gasteiger partial charge on any atom is -0.326 e. The number of urea groups is 1. The summed E-state index contributed by atoms with van der Waals surface area (Å²) < 4.78 is 0. The molecule has 0 aromatic carbocycles. The maximum absolute atomic E-state index is 11.8. The lowest BCUT2D eigenvalue weighted by atomic mass is 10.0. The van der Waals surface area contributed by atoms with E-state index in [9.17, 15) is 9.59 Å². The van der Waals surface area contributed by atoms with Crippen LogP contribution < -0.4 is 5.32 Å². The molecule has 3 amide bonds. The van der Waals surface area contributed by atoms with E-state index in [4.69, 9.17) is 0 Å². The molecule has 15 heavy (non-hydrogen) atoms. The van der Waals surface area contributed by atoms with Crippen molar-refractivity contribution in [3.05, 3.63) is 0 Å². The smallest absolute Gasteiger partial charge is 0.324 e. The average molecular weight is 212 g/mol. The molecule has 0 unspecified atom stereocenters. The molecule has 1 saturated heterocycles. The van der Waals surface area contributed by atoms with Gasteiger partial charge >= 0.3 is 6.03 Å². The summed E-state index contributed by atoms with van der Waals surface area (Å²) >= 11 is 0. The van der Waals surface area contributed by atoms with Crippen molar-refractivity contribution in [3.63, 3.8) is 0 Å². The molecule has 0 radical (unpaired) electrons. The fourth-order valence-corrected chi connectivity index (χ4v) is 1.74. The highest BCUT2D eigenvalue weighted by Gasteiger charge is 2.37. The standard InChI is InChI=1S/C11H20N2O2/c1-4-5-6-13-10(14)9(7-8(2)3)12-11(13)15/h8-9H,4-7H2,1-3H3,(H,12,15)/t9-/m1/s1. The highest BCUT2D eigenvalue weighted by atomic mass is 16.2. The van der Waals surface area contributed by atoms with E-state index in [0.717, 1.165) is 19.3 Å². The molecule has 1 heterocycles. The molecule has 1 rings (SSSR count). The molecule has 1 N–H and O–H groups in total. The van der Waals surface area contributed by atoms with Crippen molar-refractivity contribution in [2.45, 2.75) is 46.1 Å². The molecule has 0 aromatic rings. The second-order valence-electron chi connectivity index (χ2n) is 4.48. The lowest BCUT2D eigenvalue weighted by molar-refractivity contribution is -0.127. The third kappa shape index (κ3) is 2.94. The third-order valence-corrected chi connectivity index (χ3v) is 2.55. The van der Waals surface area contributed by atoms with Crippen LogP contribution in [0, 0.1) is 5.92 Å². The Morgan fingerprint density at radius 3 is 2.60 bits per heavy atom. The van der Waals surface area contributed by atoms with E-state index in [1.54, 1.807) is 0 Å². The van der Waals surface area contributed by atoms with E-state index >= 15 is 0 Å². The molecule has 1 fully saturated rings. The molecule has 4 heteroatoms. The lowest BCUT2D eigenvalue weighted by Crippen LogP contribution is -2.32. The van der Waals surface area contributed by atoms with Crippen LogP contribution in [0.3, 0.4) is 0 Å². The predicted molar refractivity (Wildman–Crippen MR) is 58.4 cm³/mol. The summed E-state index contributed by atoms with van der Waals surface area (Å²) in [6.07, 6.45) is 2.60. The molecule has 1 aliphatic rings. The molecule has 4 nitrogen and oxygen atoms in total. The molecule has 1 aliphatic heterocycles. The predicted octanol–water partition coefficient (Wildman–Crippen LogP) is 1.75. The Hall–Kier alpha value is -1.06. The van der Waals surface area contributed by atoms with Crippen molar-refractivity contribution >= 4 is 11.9 Å². The Kier molecular flexibility index (Phi) is 4.12. The zero-order valence-corrected chi connectivity index (χ0v) is 9.75. The van der Waals surface area contributed by atoms with Gasteiger partial charge < -0.3 is 5.32 Å². The number of nitrogens with one attached hydrogen (secondary N) is 1. The summed E-state index contributed by atoms with van der Waals surface area (Å²) in [4.78, 5) is 24.6. The minimum atomic E-state index is -0.297. The van der Waals surface area contributed by atoms with Crippen LogP contribution in [-0.4, -0.2) is 29.4 Å². The SMILES string of the molecule is CCCCN1C(=O)N[C@H](CC(C)C)C1=O. The molecular formula is C11H20N2O2. The zero-order chi connectivity index (χ0) is 11.4. The maximum atomic E-state index is 11.8. The van der Waals surface area contributed by atoms with Gasteiger partial charge in [-0.15, -0.1) is 0 Å². The first kappa shape index (κ1) is 12.0. The Bertz CT molecular complexity index is 251. The number of amides is 3. The summed E-state index contributed by atoms with van der Waals surface area (Å²) in [7, 11) is 0. The number of hydrogen-bond donors (Lipinski definition) is 1. The summed E-state index contributed by atoms with van der Waals surface area (Å²) in [6, 6.07) is -0.520. The van der Waals surface area contributed by atoms with Crippen molar-refractivity contribution in [1.29, 1.82) is 0 Å². The summed E-state index contributed by atoms with van der Waals surface area (Å²) in [5.41, 5.74) is 0. The molecular weight excluding hydrogens is 192 g/mol. The van der Waals surface area contributed by atoms with Crippen molar-refractivity contribution in [2.75, 3.05) is 6.54 Å². The van der Waals surface area contributed by atoms with Crippen LogP contribution in [0.15, 0.2) is 0 Å². The van der Waals surface area contributed by atoms with Crippen LogP contribution in [0.4, 0.5) is 4.79 Å². The van der Waals surface area contributed by atoms with Gasteiger partial charge in [-0.25, -0.2) is 4.79 Å². The minimum absolute atomic E-state index is 0.0536. The average Bonchev–Trinajstić information content (AvgIpc) is 2.39. The van der Waals surface area contributed by atoms with Gasteiger partial charge in [-0.3, -0.25) is 9.69 Å². The molecule has 0 aliphatic carbocycles. The van der Waals surface area contributed by atoms with Gasteiger partial charge in [0.2, 0.25) is 0 Å². The van der Waals surface area contributed by atoms with Gasteiger partial charge in [0.05, 0.1) is 0 Å². The second kappa shape index (κ2) is 5.14. The van der Waals surface area contributed by atoms with E-state index in [1.165, 1.54) is 4.90 Å². The Morgan fingerprint density at radius 2 is 2.07 bits per heavy atom. The fraction of sp³-hybridized carbons (Fsp3) is 0.818. The lowest BCUT2D eigenvalue weighted by Gasteiger charge is -2.12. The molecule has 0 bridgehead atoms. The van der Waals surface area contributed by atoms with Crippen LogP contribution in [0.1, 0.15) is 40.0 Å². The van der Waals surface area contributed by atoms with E-state index < -0.39 is 0 Å². The van der Waals surface area contributed by atoms with Crippen molar-refractivity contribution in [1.82, 2.24) is 10.2 Å². The zero-order valence-electron chi connectivity index (χ0n) is 9.75. The van der Waals surface area contributed by atoms with Crippen molar-refractivity contribution in [2.24, 2.45) is 5.92 Å². The first-order valence-corrected chi connectivity index (χ1v) is 5.68. The Labute approximate surface area is 91.0 Å². The number of rotatable bonds is 5. The van der Waals surface area contributed by atoms with Crippen LogP contribution in [-0.2, 0) is 4.79 Å². The van der Waals surface area contributed by atoms with Gasteiger partial charge in [0.25, 0.3) is 5.91 Å². The van der Waals surface area contributed by atoms with Crippen molar-refractivity contribution < 1.29 is 9.59 Å². The number of hydrogen-bond acceptors (Lipinski definition) is 2. The summed E-state index contributed by atoms with van der Waals surface area (Å²) in [6.45, 7) is 6.70. The first-order valence-electron chi connectivity index (χ1n) is 5.68. The fourth-order valence-electron chi connectivity index (χ4n) is 1.74. The molecule has 1 atom stereocenters. The molecule has 0 spiro atoms. The molecule has 0 aromatic heterocycles. The largest absolute Gasteiger partial charge is 0.326 e. The summed E-state index contributed by atoms with van der Waals surface area (Å²) in [5.74, 6) is 0.368. The van der Waals surface area contributed by atoms with Crippen LogP contribution >= 0.6 is 0 Å². The Morgan fingerprint density at radius 1 is 1.40 bits per heavy atom. The topological polar surface area (TPSA) is 49.4 Å². The maximum Gasteiger partial charge on any atom is 0.324 e. The van der Waals surface area contributed by atoms with Crippen LogP contribution in [0.25, 0.3) is 0 Å². The highest BCUT2D eigenvalue weighted by Crippen LogP contribution is 2.14. The number of unbranched alkanes of at least 4 members (excludes halogenated alkanes) is 1. The third-order valence-electron chi connectivity index (χ3n) is 2.55. The molecule has 0 saturated carbocycles. The highest BCUT2D eigenvalue weighted by molar-refractivity contribution is 6.04. The first-order chi connectivity index (χ1) is 7.06. The van der Waals surface area contributed by atoms with Crippen molar-refractivity contribution in [3.8, 4) is 0 Å².